The molecule has 0 spiro atoms. The standard InChI is InChI=1S/C16H13F2N3O/c17-12-2-3-13(18)10(7-12)5-6-19-16(22)11-1-4-14-15(8-11)21-9-20-14/h1-4,7-9H,5-6H2,(H,19,22)(H,20,21). The summed E-state index contributed by atoms with van der Waals surface area (Å²) in [7, 11) is 0. The van der Waals surface area contributed by atoms with E-state index in [4.69, 9.17) is 0 Å². The van der Waals surface area contributed by atoms with Crippen LogP contribution >= 0.6 is 0 Å². The zero-order valence-corrected chi connectivity index (χ0v) is 11.6. The number of hydrogen-bond donors (Lipinski definition) is 2. The molecule has 2 aromatic carbocycles. The Labute approximate surface area is 125 Å². The molecule has 1 aromatic heterocycles. The summed E-state index contributed by atoms with van der Waals surface area (Å²) in [6.07, 6.45) is 1.78. The molecule has 0 aliphatic rings. The quantitative estimate of drug-likeness (QED) is 0.778. The molecule has 0 unspecified atom stereocenters. The van der Waals surface area contributed by atoms with Crippen LogP contribution in [0.2, 0.25) is 0 Å². The fraction of sp³-hybridized carbons (Fsp3) is 0.125. The van der Waals surface area contributed by atoms with Gasteiger partial charge in [-0.05, 0) is 48.4 Å². The van der Waals surface area contributed by atoms with Crippen LogP contribution in [-0.4, -0.2) is 22.4 Å². The van der Waals surface area contributed by atoms with Crippen molar-refractivity contribution in [3.05, 3.63) is 65.5 Å². The maximum absolute atomic E-state index is 13.5. The van der Waals surface area contributed by atoms with Crippen molar-refractivity contribution < 1.29 is 13.6 Å². The second kappa shape index (κ2) is 5.93. The number of aromatic nitrogens is 2. The van der Waals surface area contributed by atoms with E-state index >= 15 is 0 Å². The van der Waals surface area contributed by atoms with Crippen LogP contribution in [0.15, 0.2) is 42.7 Å². The molecule has 3 rings (SSSR count). The molecule has 0 aliphatic carbocycles. The van der Waals surface area contributed by atoms with Gasteiger partial charge in [0.05, 0.1) is 17.4 Å². The number of nitrogens with zero attached hydrogens (tertiary/aromatic N) is 1. The van der Waals surface area contributed by atoms with Gasteiger partial charge in [0.25, 0.3) is 5.91 Å². The highest BCUT2D eigenvalue weighted by Crippen LogP contribution is 2.12. The lowest BCUT2D eigenvalue weighted by Crippen LogP contribution is -2.25. The van der Waals surface area contributed by atoms with Gasteiger partial charge in [-0.2, -0.15) is 0 Å². The summed E-state index contributed by atoms with van der Waals surface area (Å²) in [5.74, 6) is -1.24. The molecule has 1 amide bonds. The molecular weight excluding hydrogens is 288 g/mol. The van der Waals surface area contributed by atoms with E-state index in [1.807, 2.05) is 0 Å². The van der Waals surface area contributed by atoms with Gasteiger partial charge in [-0.3, -0.25) is 4.79 Å². The smallest absolute Gasteiger partial charge is 0.251 e. The number of H-pyrrole nitrogens is 1. The molecule has 22 heavy (non-hydrogen) atoms. The lowest BCUT2D eigenvalue weighted by molar-refractivity contribution is 0.0954. The van der Waals surface area contributed by atoms with Crippen LogP contribution in [0.5, 0.6) is 0 Å². The summed E-state index contributed by atoms with van der Waals surface area (Å²) in [6, 6.07) is 8.39. The molecule has 0 bridgehead atoms. The minimum Gasteiger partial charge on any atom is -0.352 e. The first kappa shape index (κ1) is 14.2. The number of hydrogen-bond acceptors (Lipinski definition) is 2. The molecule has 112 valence electrons. The minimum atomic E-state index is -0.493. The monoisotopic (exact) mass is 301 g/mol. The van der Waals surface area contributed by atoms with Crippen molar-refractivity contribution in [1.29, 1.82) is 0 Å². The summed E-state index contributed by atoms with van der Waals surface area (Å²) in [5, 5.41) is 2.69. The Morgan fingerprint density at radius 1 is 1.18 bits per heavy atom. The molecule has 1 heterocycles. The van der Waals surface area contributed by atoms with Crippen LogP contribution in [0.4, 0.5) is 8.78 Å². The predicted octanol–water partition coefficient (Wildman–Crippen LogP) is 2.81. The van der Waals surface area contributed by atoms with E-state index in [1.165, 1.54) is 0 Å². The maximum Gasteiger partial charge on any atom is 0.251 e. The average Bonchev–Trinajstić information content (AvgIpc) is 2.98. The lowest BCUT2D eigenvalue weighted by atomic mass is 10.1. The third-order valence-corrected chi connectivity index (χ3v) is 3.37. The molecule has 4 nitrogen and oxygen atoms in total. The first-order chi connectivity index (χ1) is 10.6. The Bertz CT molecular complexity index is 829. The SMILES string of the molecule is O=C(NCCc1cc(F)ccc1F)c1ccc2nc[nH]c2c1. The zero-order valence-electron chi connectivity index (χ0n) is 11.6. The van der Waals surface area contributed by atoms with Crippen molar-refractivity contribution in [2.24, 2.45) is 0 Å². The second-order valence-corrected chi connectivity index (χ2v) is 4.88. The Hall–Kier alpha value is -2.76. The van der Waals surface area contributed by atoms with Crippen LogP contribution in [0.1, 0.15) is 15.9 Å². The van der Waals surface area contributed by atoms with Crippen LogP contribution < -0.4 is 5.32 Å². The molecule has 2 N–H and O–H groups in total. The van der Waals surface area contributed by atoms with Crippen molar-refractivity contribution in [2.45, 2.75) is 6.42 Å². The van der Waals surface area contributed by atoms with Crippen molar-refractivity contribution in [1.82, 2.24) is 15.3 Å². The fourth-order valence-electron chi connectivity index (χ4n) is 2.22. The summed E-state index contributed by atoms with van der Waals surface area (Å²) >= 11 is 0. The van der Waals surface area contributed by atoms with E-state index in [0.29, 0.717) is 5.56 Å². The number of fused-ring (bicyclic) bond motifs is 1. The summed E-state index contributed by atoms with van der Waals surface area (Å²) in [6.45, 7) is 0.222. The fourth-order valence-corrected chi connectivity index (χ4v) is 2.22. The number of carbonyl (C=O) groups is 1. The van der Waals surface area contributed by atoms with Crippen LogP contribution in [0.3, 0.4) is 0 Å². The molecule has 0 radical (unpaired) electrons. The minimum absolute atomic E-state index is 0.222. The molecule has 0 fully saturated rings. The predicted molar refractivity (Wildman–Crippen MR) is 78.5 cm³/mol. The molecular formula is C16H13F2N3O. The van der Waals surface area contributed by atoms with E-state index in [-0.39, 0.29) is 24.4 Å². The highest BCUT2D eigenvalue weighted by Gasteiger charge is 2.08. The number of rotatable bonds is 4. The average molecular weight is 301 g/mol. The number of benzene rings is 2. The Morgan fingerprint density at radius 3 is 2.91 bits per heavy atom. The highest BCUT2D eigenvalue weighted by atomic mass is 19.1. The molecule has 0 saturated heterocycles. The Kier molecular flexibility index (Phi) is 3.82. The highest BCUT2D eigenvalue weighted by molar-refractivity contribution is 5.97. The first-order valence-electron chi connectivity index (χ1n) is 6.79. The lowest BCUT2D eigenvalue weighted by Gasteiger charge is -2.06. The van der Waals surface area contributed by atoms with Gasteiger partial charge in [0, 0.05) is 12.1 Å². The van der Waals surface area contributed by atoms with Crippen molar-refractivity contribution >= 4 is 16.9 Å². The van der Waals surface area contributed by atoms with E-state index in [0.717, 1.165) is 29.2 Å². The first-order valence-corrected chi connectivity index (χ1v) is 6.79. The van der Waals surface area contributed by atoms with Gasteiger partial charge in [-0.1, -0.05) is 0 Å². The maximum atomic E-state index is 13.5. The van der Waals surface area contributed by atoms with E-state index < -0.39 is 11.6 Å². The van der Waals surface area contributed by atoms with E-state index in [2.05, 4.69) is 15.3 Å². The number of nitrogens with one attached hydrogen (secondary N) is 2. The van der Waals surface area contributed by atoms with Gasteiger partial charge < -0.3 is 10.3 Å². The number of halogens is 2. The molecule has 6 heteroatoms. The normalized spacial score (nSPS) is 10.8. The third kappa shape index (κ3) is 2.95. The van der Waals surface area contributed by atoms with Crippen molar-refractivity contribution in [2.75, 3.05) is 6.54 Å². The Balaban J connectivity index is 1.63. The number of amides is 1. The van der Waals surface area contributed by atoms with Crippen LogP contribution in [-0.2, 0) is 6.42 Å². The Morgan fingerprint density at radius 2 is 2.05 bits per heavy atom. The molecule has 3 aromatic rings. The van der Waals surface area contributed by atoms with E-state index in [9.17, 15) is 13.6 Å². The summed E-state index contributed by atoms with van der Waals surface area (Å²) in [5.41, 5.74) is 2.27. The van der Waals surface area contributed by atoms with Crippen molar-refractivity contribution in [3.63, 3.8) is 0 Å². The van der Waals surface area contributed by atoms with Gasteiger partial charge in [0.15, 0.2) is 0 Å². The molecule has 0 saturated carbocycles. The summed E-state index contributed by atoms with van der Waals surface area (Å²) < 4.78 is 26.5. The van der Waals surface area contributed by atoms with Gasteiger partial charge in [-0.25, -0.2) is 13.8 Å². The van der Waals surface area contributed by atoms with E-state index in [1.54, 1.807) is 24.5 Å². The zero-order chi connectivity index (χ0) is 15.5. The largest absolute Gasteiger partial charge is 0.352 e. The molecule has 0 aliphatic heterocycles. The summed E-state index contributed by atoms with van der Waals surface area (Å²) in [4.78, 5) is 19.0. The van der Waals surface area contributed by atoms with Gasteiger partial charge >= 0.3 is 0 Å². The number of carbonyl (C=O) groups excluding carboxylic acids is 1. The third-order valence-electron chi connectivity index (χ3n) is 3.37. The van der Waals surface area contributed by atoms with Gasteiger partial charge in [-0.15, -0.1) is 0 Å². The molecule has 0 atom stereocenters. The van der Waals surface area contributed by atoms with Crippen LogP contribution in [0, 0.1) is 11.6 Å². The number of aromatic amines is 1. The second-order valence-electron chi connectivity index (χ2n) is 4.88. The van der Waals surface area contributed by atoms with Crippen LogP contribution in [0.25, 0.3) is 11.0 Å². The number of imidazole rings is 1. The van der Waals surface area contributed by atoms with Crippen molar-refractivity contribution in [3.8, 4) is 0 Å². The van der Waals surface area contributed by atoms with Gasteiger partial charge in [0.1, 0.15) is 11.6 Å². The topological polar surface area (TPSA) is 57.8 Å². The van der Waals surface area contributed by atoms with Gasteiger partial charge in [0.2, 0.25) is 0 Å².